The minimum atomic E-state index is -0.355. The topological polar surface area (TPSA) is 3.24 Å². The maximum atomic E-state index is 2.89. The molecular weight excluding hydrogens is 484 g/mol. The van der Waals surface area contributed by atoms with Crippen LogP contribution in [0.1, 0.15) is 32.1 Å². The van der Waals surface area contributed by atoms with Gasteiger partial charge in [0.25, 0.3) is 0 Å². The summed E-state index contributed by atoms with van der Waals surface area (Å²) in [5, 5.41) is 6.01. The lowest BCUT2D eigenvalue weighted by Crippen LogP contribution is -2.41. The molecular formula is C34H39NP2. The molecule has 3 heteroatoms. The van der Waals surface area contributed by atoms with E-state index in [9.17, 15) is 0 Å². The second-order valence-corrected chi connectivity index (χ2v) is 14.6. The summed E-state index contributed by atoms with van der Waals surface area (Å²) in [4.78, 5) is 2.89. The molecule has 0 bridgehead atoms. The molecule has 37 heavy (non-hydrogen) atoms. The summed E-state index contributed by atoms with van der Waals surface area (Å²) in [5.74, 6) is 0. The average molecular weight is 524 g/mol. The van der Waals surface area contributed by atoms with E-state index in [4.69, 9.17) is 0 Å². The Morgan fingerprint density at radius 1 is 0.459 bits per heavy atom. The van der Waals surface area contributed by atoms with Gasteiger partial charge in [0.2, 0.25) is 0 Å². The Kier molecular flexibility index (Phi) is 9.97. The third-order valence-electron chi connectivity index (χ3n) is 7.58. The molecule has 0 spiro atoms. The van der Waals surface area contributed by atoms with Crippen molar-refractivity contribution in [2.24, 2.45) is 0 Å². The summed E-state index contributed by atoms with van der Waals surface area (Å²) in [5.41, 5.74) is 0. The molecule has 0 atom stereocenters. The summed E-state index contributed by atoms with van der Waals surface area (Å²) >= 11 is 0. The molecule has 5 rings (SSSR count). The van der Waals surface area contributed by atoms with Gasteiger partial charge in [-0.05, 0) is 62.2 Å². The minimum absolute atomic E-state index is 0.355. The quantitative estimate of drug-likeness (QED) is 0.194. The predicted molar refractivity (Wildman–Crippen MR) is 166 cm³/mol. The van der Waals surface area contributed by atoms with Crippen molar-refractivity contribution in [1.82, 2.24) is 4.90 Å². The van der Waals surface area contributed by atoms with Crippen LogP contribution in [-0.2, 0) is 0 Å². The number of hydrogen-bond acceptors (Lipinski definition) is 1. The van der Waals surface area contributed by atoms with E-state index in [0.717, 1.165) is 6.04 Å². The van der Waals surface area contributed by atoms with E-state index in [2.05, 4.69) is 126 Å². The highest BCUT2D eigenvalue weighted by molar-refractivity contribution is 7.73. The zero-order valence-electron chi connectivity index (χ0n) is 21.8. The largest absolute Gasteiger partial charge is 0.300 e. The van der Waals surface area contributed by atoms with Crippen LogP contribution in [0.4, 0.5) is 0 Å². The molecule has 4 aromatic carbocycles. The zero-order chi connectivity index (χ0) is 25.1. The van der Waals surface area contributed by atoms with Crippen LogP contribution in [0, 0.1) is 0 Å². The molecule has 1 aliphatic rings. The second-order valence-electron chi connectivity index (χ2n) is 9.97. The van der Waals surface area contributed by atoms with E-state index in [1.807, 2.05) is 0 Å². The maximum absolute atomic E-state index is 2.89. The van der Waals surface area contributed by atoms with E-state index in [0.29, 0.717) is 0 Å². The lowest BCUT2D eigenvalue weighted by Gasteiger charge is -2.36. The third-order valence-corrected chi connectivity index (χ3v) is 12.6. The van der Waals surface area contributed by atoms with Crippen molar-refractivity contribution < 1.29 is 0 Å². The smallest absolute Gasteiger partial charge is 0.00955 e. The maximum Gasteiger partial charge on any atom is 0.00955 e. The van der Waals surface area contributed by atoms with Crippen molar-refractivity contribution in [3.8, 4) is 0 Å². The first-order valence-electron chi connectivity index (χ1n) is 13.9. The van der Waals surface area contributed by atoms with Crippen LogP contribution >= 0.6 is 15.8 Å². The summed E-state index contributed by atoms with van der Waals surface area (Å²) in [6.45, 7) is 2.37. The van der Waals surface area contributed by atoms with Gasteiger partial charge in [-0.2, -0.15) is 0 Å². The fourth-order valence-electron chi connectivity index (χ4n) is 5.63. The average Bonchev–Trinajstić information content (AvgIpc) is 2.99. The first-order chi connectivity index (χ1) is 18.4. The van der Waals surface area contributed by atoms with Crippen LogP contribution in [0.5, 0.6) is 0 Å². The molecule has 0 saturated heterocycles. The van der Waals surface area contributed by atoms with E-state index >= 15 is 0 Å². The Hall–Kier alpha value is -2.30. The molecule has 190 valence electrons. The van der Waals surface area contributed by atoms with E-state index in [1.165, 1.54) is 78.7 Å². The molecule has 1 saturated carbocycles. The summed E-state index contributed by atoms with van der Waals surface area (Å²) in [6, 6.07) is 45.7. The fourth-order valence-corrected chi connectivity index (χ4v) is 10.3. The Labute approximate surface area is 226 Å². The van der Waals surface area contributed by atoms with Crippen LogP contribution in [0.2, 0.25) is 0 Å². The van der Waals surface area contributed by atoms with Gasteiger partial charge in [-0.25, -0.2) is 0 Å². The third kappa shape index (κ3) is 7.39. The summed E-state index contributed by atoms with van der Waals surface area (Å²) in [7, 11) is -0.709. The fraction of sp³-hybridized carbons (Fsp3) is 0.294. The predicted octanol–water partition coefficient (Wildman–Crippen LogP) is 6.89. The van der Waals surface area contributed by atoms with Crippen LogP contribution in [0.3, 0.4) is 0 Å². The SMILES string of the molecule is c1ccc(P(CCN(CCP(c2ccccc2)c2ccccc2)C2CCCCC2)c2ccccc2)cc1. The monoisotopic (exact) mass is 523 g/mol. The summed E-state index contributed by atoms with van der Waals surface area (Å²) in [6.07, 6.45) is 9.38. The van der Waals surface area contributed by atoms with Gasteiger partial charge in [0, 0.05) is 19.1 Å². The highest BCUT2D eigenvalue weighted by Gasteiger charge is 2.24. The van der Waals surface area contributed by atoms with Gasteiger partial charge in [-0.3, -0.25) is 4.90 Å². The van der Waals surface area contributed by atoms with Crippen LogP contribution in [0.15, 0.2) is 121 Å². The van der Waals surface area contributed by atoms with Crippen molar-refractivity contribution in [3.63, 3.8) is 0 Å². The molecule has 0 aliphatic heterocycles. The van der Waals surface area contributed by atoms with Crippen LogP contribution in [-0.4, -0.2) is 36.4 Å². The first-order valence-corrected chi connectivity index (χ1v) is 16.9. The number of rotatable bonds is 11. The lowest BCUT2D eigenvalue weighted by molar-refractivity contribution is 0.174. The van der Waals surface area contributed by atoms with Gasteiger partial charge >= 0.3 is 0 Å². The van der Waals surface area contributed by atoms with Gasteiger partial charge in [-0.1, -0.05) is 141 Å². The lowest BCUT2D eigenvalue weighted by atomic mass is 9.94. The van der Waals surface area contributed by atoms with Gasteiger partial charge in [-0.15, -0.1) is 0 Å². The summed E-state index contributed by atoms with van der Waals surface area (Å²) < 4.78 is 0. The van der Waals surface area contributed by atoms with Gasteiger partial charge in [0.15, 0.2) is 0 Å². The minimum Gasteiger partial charge on any atom is -0.300 e. The Bertz CT molecular complexity index is 996. The van der Waals surface area contributed by atoms with Crippen molar-refractivity contribution in [3.05, 3.63) is 121 Å². The molecule has 0 aromatic heterocycles. The van der Waals surface area contributed by atoms with Crippen LogP contribution in [0.25, 0.3) is 0 Å². The zero-order valence-corrected chi connectivity index (χ0v) is 23.6. The highest BCUT2D eigenvalue weighted by atomic mass is 31.1. The molecule has 0 amide bonds. The Morgan fingerprint density at radius 2 is 0.784 bits per heavy atom. The van der Waals surface area contributed by atoms with Crippen molar-refractivity contribution in [2.45, 2.75) is 38.1 Å². The normalized spacial score (nSPS) is 14.5. The molecule has 0 heterocycles. The van der Waals surface area contributed by atoms with Crippen molar-refractivity contribution >= 4 is 37.1 Å². The Balaban J connectivity index is 1.36. The molecule has 1 fully saturated rings. The number of benzene rings is 4. The van der Waals surface area contributed by atoms with Crippen LogP contribution < -0.4 is 21.2 Å². The van der Waals surface area contributed by atoms with E-state index in [1.54, 1.807) is 0 Å². The highest BCUT2D eigenvalue weighted by Crippen LogP contribution is 2.36. The first kappa shape index (κ1) is 26.3. The van der Waals surface area contributed by atoms with E-state index in [-0.39, 0.29) is 15.8 Å². The van der Waals surface area contributed by atoms with E-state index < -0.39 is 0 Å². The van der Waals surface area contributed by atoms with Gasteiger partial charge in [0.1, 0.15) is 0 Å². The van der Waals surface area contributed by atoms with Crippen molar-refractivity contribution in [2.75, 3.05) is 25.4 Å². The van der Waals surface area contributed by atoms with Crippen molar-refractivity contribution in [1.29, 1.82) is 0 Å². The van der Waals surface area contributed by atoms with Gasteiger partial charge < -0.3 is 0 Å². The molecule has 0 N–H and O–H groups in total. The standard InChI is InChI=1S/C34H39NP2/c1-6-16-30(17-7-1)35(26-28-36(31-18-8-2-9-19-31)32-20-10-3-11-21-32)27-29-37(33-22-12-4-13-23-33)34-24-14-5-15-25-34/h2-5,8-15,18-25,30H,1,6-7,16-17,26-29H2. The second kappa shape index (κ2) is 14.0. The molecule has 1 aliphatic carbocycles. The Morgan fingerprint density at radius 3 is 1.11 bits per heavy atom. The van der Waals surface area contributed by atoms with Gasteiger partial charge in [0.05, 0.1) is 0 Å². The molecule has 4 aromatic rings. The number of hydrogen-bond donors (Lipinski definition) is 0. The number of nitrogens with zero attached hydrogens (tertiary/aromatic N) is 1. The molecule has 1 nitrogen and oxygen atoms in total. The molecule has 0 radical (unpaired) electrons. The molecule has 0 unspecified atom stereocenters.